The molecule has 0 aliphatic heterocycles. The van der Waals surface area contributed by atoms with E-state index in [1.807, 2.05) is 0 Å². The Kier molecular flexibility index (Phi) is 17.9. The highest BCUT2D eigenvalue weighted by molar-refractivity contribution is 5.75. The van der Waals surface area contributed by atoms with E-state index in [-0.39, 0.29) is 5.91 Å². The molecule has 3 nitrogen and oxygen atoms in total. The van der Waals surface area contributed by atoms with Gasteiger partial charge in [0.05, 0.1) is 27.7 Å². The Morgan fingerprint density at radius 1 is 0.724 bits per heavy atom. The number of hydrogen-bond acceptors (Lipinski definition) is 1. The lowest BCUT2D eigenvalue weighted by atomic mass is 9.86. The van der Waals surface area contributed by atoms with Gasteiger partial charge in [-0.05, 0) is 18.3 Å². The molecule has 2 atom stereocenters. The van der Waals surface area contributed by atoms with E-state index in [1.165, 1.54) is 77.0 Å². The van der Waals surface area contributed by atoms with Crippen molar-refractivity contribution in [1.29, 1.82) is 0 Å². The number of hydrogen-bond donors (Lipinski definition) is 1. The lowest BCUT2D eigenvalue weighted by Gasteiger charge is -2.23. The fourth-order valence-electron chi connectivity index (χ4n) is 3.97. The molecule has 0 aromatic carbocycles. The molecule has 0 radical (unpaired) electrons. The Morgan fingerprint density at radius 3 is 1.72 bits per heavy atom. The molecule has 0 fully saturated rings. The molecule has 29 heavy (non-hydrogen) atoms. The number of nitrogens with zero attached hydrogens (tertiary/aromatic N) is 1. The van der Waals surface area contributed by atoms with Gasteiger partial charge in [0.1, 0.15) is 0 Å². The molecular formula is C26H55N2O+. The monoisotopic (exact) mass is 411 g/mol. The van der Waals surface area contributed by atoms with Crippen LogP contribution < -0.4 is 5.32 Å². The maximum Gasteiger partial charge on any atom is 0.219 e. The SMILES string of the molecule is CCCCCCCCC(C)C(C)CCCCCCCC(=O)NCCC[N+](C)(C)C. The summed E-state index contributed by atoms with van der Waals surface area (Å²) in [6, 6.07) is 0. The molecule has 0 aromatic heterocycles. The zero-order valence-corrected chi connectivity index (χ0v) is 21.0. The van der Waals surface area contributed by atoms with Crippen LogP contribution in [-0.2, 0) is 4.79 Å². The molecule has 1 N–H and O–H groups in total. The van der Waals surface area contributed by atoms with E-state index in [0.29, 0.717) is 6.42 Å². The molecule has 0 aliphatic carbocycles. The van der Waals surface area contributed by atoms with E-state index in [9.17, 15) is 4.79 Å². The fraction of sp³-hybridized carbons (Fsp3) is 0.962. The number of quaternary nitrogens is 1. The highest BCUT2D eigenvalue weighted by Crippen LogP contribution is 2.24. The topological polar surface area (TPSA) is 29.1 Å². The number of carbonyl (C=O) groups excluding carboxylic acids is 1. The van der Waals surface area contributed by atoms with Crippen molar-refractivity contribution in [2.75, 3.05) is 34.2 Å². The van der Waals surface area contributed by atoms with Crippen LogP contribution in [0.4, 0.5) is 0 Å². The average molecular weight is 412 g/mol. The number of carbonyl (C=O) groups is 1. The Balaban J connectivity index is 3.46. The molecule has 0 heterocycles. The van der Waals surface area contributed by atoms with Crippen molar-refractivity contribution in [3.05, 3.63) is 0 Å². The quantitative estimate of drug-likeness (QED) is 0.170. The van der Waals surface area contributed by atoms with Crippen LogP contribution in [0.3, 0.4) is 0 Å². The molecule has 0 spiro atoms. The Bertz CT molecular complexity index is 375. The van der Waals surface area contributed by atoms with Crippen molar-refractivity contribution in [3.8, 4) is 0 Å². The Hall–Kier alpha value is -0.570. The Labute approximate surface area is 184 Å². The minimum Gasteiger partial charge on any atom is -0.356 e. The molecule has 3 heteroatoms. The van der Waals surface area contributed by atoms with E-state index in [4.69, 9.17) is 0 Å². The second kappa shape index (κ2) is 18.2. The predicted octanol–water partition coefficient (Wildman–Crippen LogP) is 6.95. The maximum absolute atomic E-state index is 11.9. The minimum absolute atomic E-state index is 0.239. The van der Waals surface area contributed by atoms with Gasteiger partial charge in [0.25, 0.3) is 0 Å². The van der Waals surface area contributed by atoms with Crippen LogP contribution in [0.1, 0.15) is 117 Å². The highest BCUT2D eigenvalue weighted by atomic mass is 16.1. The summed E-state index contributed by atoms with van der Waals surface area (Å²) in [4.78, 5) is 11.9. The predicted molar refractivity (Wildman–Crippen MR) is 129 cm³/mol. The molecule has 0 rings (SSSR count). The van der Waals surface area contributed by atoms with Crippen LogP contribution in [0.5, 0.6) is 0 Å². The number of nitrogens with one attached hydrogen (secondary N) is 1. The first-order valence-electron chi connectivity index (χ1n) is 12.8. The molecule has 0 aliphatic rings. The third-order valence-electron chi connectivity index (χ3n) is 6.38. The summed E-state index contributed by atoms with van der Waals surface area (Å²) in [6.45, 7) is 9.12. The molecule has 0 bridgehead atoms. The molecule has 0 saturated heterocycles. The highest BCUT2D eigenvalue weighted by Gasteiger charge is 2.11. The summed E-state index contributed by atoms with van der Waals surface area (Å²) in [6.07, 6.45) is 19.3. The zero-order valence-electron chi connectivity index (χ0n) is 21.0. The molecule has 0 saturated carbocycles. The first kappa shape index (κ1) is 28.4. The first-order chi connectivity index (χ1) is 13.8. The normalized spacial score (nSPS) is 14.0. The zero-order chi connectivity index (χ0) is 22.0. The van der Waals surface area contributed by atoms with Gasteiger partial charge in [-0.1, -0.05) is 97.8 Å². The summed E-state index contributed by atoms with van der Waals surface area (Å²) in [7, 11) is 6.58. The van der Waals surface area contributed by atoms with Gasteiger partial charge < -0.3 is 9.80 Å². The number of unbranched alkanes of at least 4 members (excludes halogenated alkanes) is 9. The number of rotatable bonds is 20. The smallest absolute Gasteiger partial charge is 0.219 e. The van der Waals surface area contributed by atoms with Crippen LogP contribution >= 0.6 is 0 Å². The molecule has 1 amide bonds. The van der Waals surface area contributed by atoms with E-state index in [1.54, 1.807) is 0 Å². The van der Waals surface area contributed by atoms with Gasteiger partial charge in [-0.15, -0.1) is 0 Å². The van der Waals surface area contributed by atoms with Crippen molar-refractivity contribution in [2.24, 2.45) is 11.8 Å². The van der Waals surface area contributed by atoms with Crippen LogP contribution in [0.25, 0.3) is 0 Å². The van der Waals surface area contributed by atoms with Gasteiger partial charge in [0.15, 0.2) is 0 Å². The summed E-state index contributed by atoms with van der Waals surface area (Å²) < 4.78 is 0.965. The average Bonchev–Trinajstić information content (AvgIpc) is 2.66. The molecular weight excluding hydrogens is 356 g/mol. The molecule has 0 aromatic rings. The second-order valence-electron chi connectivity index (χ2n) is 10.5. The van der Waals surface area contributed by atoms with Crippen molar-refractivity contribution < 1.29 is 9.28 Å². The summed E-state index contributed by atoms with van der Waals surface area (Å²) >= 11 is 0. The van der Waals surface area contributed by atoms with Crippen LogP contribution in [0.15, 0.2) is 0 Å². The third-order valence-corrected chi connectivity index (χ3v) is 6.38. The van der Waals surface area contributed by atoms with E-state index < -0.39 is 0 Å². The summed E-state index contributed by atoms with van der Waals surface area (Å²) in [5, 5.41) is 3.07. The van der Waals surface area contributed by atoms with Crippen molar-refractivity contribution >= 4 is 5.91 Å². The van der Waals surface area contributed by atoms with Gasteiger partial charge in [0.2, 0.25) is 5.91 Å². The van der Waals surface area contributed by atoms with Crippen LogP contribution in [-0.4, -0.2) is 44.6 Å². The minimum atomic E-state index is 0.239. The lowest BCUT2D eigenvalue weighted by Crippen LogP contribution is -2.37. The molecule has 2 unspecified atom stereocenters. The fourth-order valence-corrected chi connectivity index (χ4v) is 3.97. The van der Waals surface area contributed by atoms with Crippen molar-refractivity contribution in [1.82, 2.24) is 5.32 Å². The van der Waals surface area contributed by atoms with Gasteiger partial charge in [-0.3, -0.25) is 4.79 Å². The summed E-state index contributed by atoms with van der Waals surface area (Å²) in [5.74, 6) is 1.98. The van der Waals surface area contributed by atoms with E-state index >= 15 is 0 Å². The van der Waals surface area contributed by atoms with E-state index in [0.717, 1.165) is 42.2 Å². The molecule has 174 valence electrons. The largest absolute Gasteiger partial charge is 0.356 e. The maximum atomic E-state index is 11.9. The first-order valence-corrected chi connectivity index (χ1v) is 12.8. The van der Waals surface area contributed by atoms with Crippen molar-refractivity contribution in [2.45, 2.75) is 117 Å². The summed E-state index contributed by atoms with van der Waals surface area (Å²) in [5.41, 5.74) is 0. The van der Waals surface area contributed by atoms with Gasteiger partial charge in [-0.2, -0.15) is 0 Å². The van der Waals surface area contributed by atoms with E-state index in [2.05, 4.69) is 47.2 Å². The van der Waals surface area contributed by atoms with Gasteiger partial charge >= 0.3 is 0 Å². The second-order valence-corrected chi connectivity index (χ2v) is 10.5. The van der Waals surface area contributed by atoms with Gasteiger partial charge in [-0.25, -0.2) is 0 Å². The van der Waals surface area contributed by atoms with Crippen LogP contribution in [0.2, 0.25) is 0 Å². The van der Waals surface area contributed by atoms with Crippen LogP contribution in [0, 0.1) is 11.8 Å². The number of amides is 1. The Morgan fingerprint density at radius 2 is 1.21 bits per heavy atom. The van der Waals surface area contributed by atoms with Gasteiger partial charge in [0, 0.05) is 19.4 Å². The third kappa shape index (κ3) is 20.5. The lowest BCUT2D eigenvalue weighted by molar-refractivity contribution is -0.870. The van der Waals surface area contributed by atoms with Crippen molar-refractivity contribution in [3.63, 3.8) is 0 Å². The standard InChI is InChI=1S/C26H54N2O/c1-7-8-9-10-12-15-19-24(2)25(3)20-16-13-11-14-17-21-26(29)27-22-18-23-28(4,5)6/h24-25H,7-23H2,1-6H3/p+1.